The molecule has 1 amide bonds. The summed E-state index contributed by atoms with van der Waals surface area (Å²) in [5, 5.41) is 6.39. The van der Waals surface area contributed by atoms with E-state index in [0.717, 1.165) is 0 Å². The van der Waals surface area contributed by atoms with Crippen molar-refractivity contribution in [3.8, 4) is 5.75 Å². The van der Waals surface area contributed by atoms with E-state index < -0.39 is 5.91 Å². The number of ether oxygens (including phenoxy) is 1. The minimum absolute atomic E-state index is 0.0176. The normalized spacial score (nSPS) is 10.4. The maximum Gasteiger partial charge on any atom is 0.258 e. The second-order valence-corrected chi connectivity index (χ2v) is 6.45. The molecule has 0 heterocycles. The Balaban J connectivity index is 2.07. The standard InChI is InChI=1S/C17H16Cl2N2O2S/c1-10(2)23-15-6-4-3-5-14(15)20-17(24)21-16(22)12-8-7-11(18)9-13(12)19/h3-10H,1-2H3,(H2,20,21,22,24). The molecule has 2 aromatic rings. The summed E-state index contributed by atoms with van der Waals surface area (Å²) in [6, 6.07) is 12.0. The summed E-state index contributed by atoms with van der Waals surface area (Å²) in [6.45, 7) is 3.86. The Bertz CT molecular complexity index is 766. The highest BCUT2D eigenvalue weighted by Crippen LogP contribution is 2.25. The molecule has 0 aliphatic carbocycles. The van der Waals surface area contributed by atoms with E-state index in [0.29, 0.717) is 16.5 Å². The Morgan fingerprint density at radius 1 is 1.17 bits per heavy atom. The average molecular weight is 383 g/mol. The van der Waals surface area contributed by atoms with Crippen molar-refractivity contribution in [2.75, 3.05) is 5.32 Å². The van der Waals surface area contributed by atoms with Crippen LogP contribution < -0.4 is 15.4 Å². The van der Waals surface area contributed by atoms with Crippen molar-refractivity contribution >= 4 is 52.1 Å². The van der Waals surface area contributed by atoms with Crippen LogP contribution in [0.25, 0.3) is 0 Å². The summed E-state index contributed by atoms with van der Waals surface area (Å²) in [5.74, 6) is 0.227. The zero-order chi connectivity index (χ0) is 17.7. The smallest absolute Gasteiger partial charge is 0.258 e. The summed E-state index contributed by atoms with van der Waals surface area (Å²) in [4.78, 5) is 12.2. The molecule has 0 aliphatic rings. The van der Waals surface area contributed by atoms with Crippen LogP contribution in [0, 0.1) is 0 Å². The molecule has 0 saturated carbocycles. The predicted octanol–water partition coefficient (Wildman–Crippen LogP) is 4.91. The predicted molar refractivity (Wildman–Crippen MR) is 102 cm³/mol. The Morgan fingerprint density at radius 2 is 1.88 bits per heavy atom. The molecule has 0 aromatic heterocycles. The molecule has 7 heteroatoms. The van der Waals surface area contributed by atoms with Crippen molar-refractivity contribution in [1.82, 2.24) is 5.32 Å². The van der Waals surface area contributed by atoms with Crippen molar-refractivity contribution in [3.05, 3.63) is 58.1 Å². The van der Waals surface area contributed by atoms with Gasteiger partial charge in [0.2, 0.25) is 0 Å². The van der Waals surface area contributed by atoms with E-state index in [-0.39, 0.29) is 21.8 Å². The number of carbonyl (C=O) groups is 1. The average Bonchev–Trinajstić information content (AvgIpc) is 2.48. The fourth-order valence-electron chi connectivity index (χ4n) is 1.92. The van der Waals surface area contributed by atoms with Gasteiger partial charge in [-0.25, -0.2) is 0 Å². The molecule has 0 atom stereocenters. The van der Waals surface area contributed by atoms with Crippen LogP contribution in [0.15, 0.2) is 42.5 Å². The van der Waals surface area contributed by atoms with E-state index in [4.69, 9.17) is 40.2 Å². The highest BCUT2D eigenvalue weighted by molar-refractivity contribution is 7.80. The molecule has 4 nitrogen and oxygen atoms in total. The number of hydrogen-bond acceptors (Lipinski definition) is 3. The van der Waals surface area contributed by atoms with Gasteiger partial charge in [-0.15, -0.1) is 0 Å². The summed E-state index contributed by atoms with van der Waals surface area (Å²) in [5.41, 5.74) is 0.954. The Morgan fingerprint density at radius 3 is 2.54 bits per heavy atom. The van der Waals surface area contributed by atoms with Gasteiger partial charge in [0.1, 0.15) is 5.75 Å². The van der Waals surface area contributed by atoms with E-state index in [1.165, 1.54) is 6.07 Å². The zero-order valence-corrected chi connectivity index (χ0v) is 15.4. The minimum Gasteiger partial charge on any atom is -0.489 e. The molecule has 2 N–H and O–H groups in total. The maximum atomic E-state index is 12.2. The molecule has 0 aliphatic heterocycles. The SMILES string of the molecule is CC(C)Oc1ccccc1NC(=S)NC(=O)c1ccc(Cl)cc1Cl. The Kier molecular flexibility index (Phi) is 6.43. The summed E-state index contributed by atoms with van der Waals surface area (Å²) in [7, 11) is 0. The van der Waals surface area contributed by atoms with E-state index in [1.807, 2.05) is 38.1 Å². The van der Waals surface area contributed by atoms with Crippen molar-refractivity contribution in [2.45, 2.75) is 20.0 Å². The van der Waals surface area contributed by atoms with Crippen LogP contribution in [-0.4, -0.2) is 17.1 Å². The molecule has 0 saturated heterocycles. The molecule has 2 aromatic carbocycles. The lowest BCUT2D eigenvalue weighted by Gasteiger charge is -2.16. The van der Waals surface area contributed by atoms with Crippen LogP contribution in [0.2, 0.25) is 10.0 Å². The number of carbonyl (C=O) groups excluding carboxylic acids is 1. The number of halogens is 2. The number of para-hydroxylation sites is 2. The quantitative estimate of drug-likeness (QED) is 0.737. The first-order valence-electron chi connectivity index (χ1n) is 7.20. The Labute approximate surface area is 156 Å². The van der Waals surface area contributed by atoms with Gasteiger partial charge in [0.25, 0.3) is 5.91 Å². The second-order valence-electron chi connectivity index (χ2n) is 5.20. The fraction of sp³-hybridized carbons (Fsp3) is 0.176. The fourth-order valence-corrected chi connectivity index (χ4v) is 2.62. The number of hydrogen-bond donors (Lipinski definition) is 2. The van der Waals surface area contributed by atoms with Gasteiger partial charge in [0.15, 0.2) is 5.11 Å². The van der Waals surface area contributed by atoms with E-state index in [9.17, 15) is 4.79 Å². The summed E-state index contributed by atoms with van der Waals surface area (Å²) in [6.07, 6.45) is 0.0176. The monoisotopic (exact) mass is 382 g/mol. The molecular formula is C17H16Cl2N2O2S. The third-order valence-electron chi connectivity index (χ3n) is 2.90. The van der Waals surface area contributed by atoms with Gasteiger partial charge in [-0.1, -0.05) is 35.3 Å². The first kappa shape index (κ1) is 18.5. The van der Waals surface area contributed by atoms with Gasteiger partial charge in [-0.3, -0.25) is 10.1 Å². The number of benzene rings is 2. The number of amides is 1. The largest absolute Gasteiger partial charge is 0.489 e. The van der Waals surface area contributed by atoms with Crippen molar-refractivity contribution < 1.29 is 9.53 Å². The number of anilines is 1. The highest BCUT2D eigenvalue weighted by Gasteiger charge is 2.13. The van der Waals surface area contributed by atoms with Gasteiger partial charge in [-0.05, 0) is 56.4 Å². The summed E-state index contributed by atoms with van der Waals surface area (Å²) >= 11 is 17.0. The molecular weight excluding hydrogens is 367 g/mol. The van der Waals surface area contributed by atoms with E-state index >= 15 is 0 Å². The molecule has 2 rings (SSSR count). The first-order chi connectivity index (χ1) is 11.4. The molecule has 0 radical (unpaired) electrons. The van der Waals surface area contributed by atoms with Gasteiger partial charge < -0.3 is 10.1 Å². The lowest BCUT2D eigenvalue weighted by Crippen LogP contribution is -2.34. The molecule has 0 fully saturated rings. The first-order valence-corrected chi connectivity index (χ1v) is 8.36. The molecule has 0 unspecified atom stereocenters. The topological polar surface area (TPSA) is 50.4 Å². The van der Waals surface area contributed by atoms with Crippen LogP contribution in [0.4, 0.5) is 5.69 Å². The molecule has 0 bridgehead atoms. The van der Waals surface area contributed by atoms with Crippen LogP contribution in [0.3, 0.4) is 0 Å². The van der Waals surface area contributed by atoms with E-state index in [2.05, 4.69) is 10.6 Å². The van der Waals surface area contributed by atoms with Crippen LogP contribution >= 0.6 is 35.4 Å². The zero-order valence-electron chi connectivity index (χ0n) is 13.1. The number of rotatable bonds is 4. The molecule has 24 heavy (non-hydrogen) atoms. The van der Waals surface area contributed by atoms with E-state index in [1.54, 1.807) is 12.1 Å². The van der Waals surface area contributed by atoms with Gasteiger partial charge in [0.05, 0.1) is 22.4 Å². The number of thiocarbonyl (C=S) groups is 1. The lowest BCUT2D eigenvalue weighted by molar-refractivity contribution is 0.0978. The second kappa shape index (κ2) is 8.33. The Hall–Kier alpha value is -1.82. The van der Waals surface area contributed by atoms with Crippen LogP contribution in [-0.2, 0) is 0 Å². The van der Waals surface area contributed by atoms with Crippen LogP contribution in [0.5, 0.6) is 5.75 Å². The van der Waals surface area contributed by atoms with Crippen molar-refractivity contribution in [1.29, 1.82) is 0 Å². The maximum absolute atomic E-state index is 12.2. The number of nitrogens with one attached hydrogen (secondary N) is 2. The van der Waals surface area contributed by atoms with Gasteiger partial charge >= 0.3 is 0 Å². The molecule has 126 valence electrons. The minimum atomic E-state index is -0.420. The highest BCUT2D eigenvalue weighted by atomic mass is 35.5. The lowest BCUT2D eigenvalue weighted by atomic mass is 10.2. The van der Waals surface area contributed by atoms with Gasteiger partial charge in [0, 0.05) is 5.02 Å². The van der Waals surface area contributed by atoms with Crippen LogP contribution in [0.1, 0.15) is 24.2 Å². The van der Waals surface area contributed by atoms with Gasteiger partial charge in [-0.2, -0.15) is 0 Å². The van der Waals surface area contributed by atoms with Crippen molar-refractivity contribution in [3.63, 3.8) is 0 Å². The summed E-state index contributed by atoms with van der Waals surface area (Å²) < 4.78 is 5.70. The molecule has 0 spiro atoms. The van der Waals surface area contributed by atoms with Crippen molar-refractivity contribution in [2.24, 2.45) is 0 Å². The third-order valence-corrected chi connectivity index (χ3v) is 3.65. The third kappa shape index (κ3) is 5.09.